The lowest BCUT2D eigenvalue weighted by Gasteiger charge is -2.51. The van der Waals surface area contributed by atoms with Crippen LogP contribution in [0.2, 0.25) is 0 Å². The minimum Gasteiger partial charge on any atom is -0.478 e. The van der Waals surface area contributed by atoms with E-state index in [2.05, 4.69) is 13.8 Å². The molecule has 0 unspecified atom stereocenters. The third kappa shape index (κ3) is 2.29. The number of nitrogens with zero attached hydrogens (tertiary/aromatic N) is 1. The van der Waals surface area contributed by atoms with Crippen molar-refractivity contribution in [2.45, 2.75) is 26.7 Å². The minimum absolute atomic E-state index is 0.167. The largest absolute Gasteiger partial charge is 0.478 e. The van der Waals surface area contributed by atoms with Crippen LogP contribution in [0.3, 0.4) is 0 Å². The highest BCUT2D eigenvalue weighted by molar-refractivity contribution is 5.94. The number of hydrogen-bond acceptors (Lipinski definition) is 2. The van der Waals surface area contributed by atoms with E-state index in [1.54, 1.807) is 4.90 Å². The van der Waals surface area contributed by atoms with E-state index >= 15 is 0 Å². The fourth-order valence-corrected chi connectivity index (χ4v) is 2.60. The van der Waals surface area contributed by atoms with Gasteiger partial charge < -0.3 is 10.0 Å². The van der Waals surface area contributed by atoms with Crippen molar-refractivity contribution >= 4 is 11.7 Å². The van der Waals surface area contributed by atoms with Gasteiger partial charge in [0.1, 0.15) is 0 Å². The predicted octanol–water partition coefficient (Wildman–Crippen LogP) is 3.29. The normalized spacial score (nSPS) is 17.2. The molecule has 1 heterocycles. The molecule has 1 N–H and O–H groups in total. The molecule has 0 bridgehead atoms. The van der Waals surface area contributed by atoms with E-state index in [-0.39, 0.29) is 16.7 Å². The highest BCUT2D eigenvalue weighted by Gasteiger charge is 2.41. The first-order chi connectivity index (χ1) is 8.92. The number of benzene rings is 1. The molecular weight excluding hydrogens is 252 g/mol. The Bertz CT molecular complexity index is 504. The summed E-state index contributed by atoms with van der Waals surface area (Å²) >= 11 is 0. The number of hydrogen-bond donors (Lipinski definition) is 1. The van der Waals surface area contributed by atoms with Crippen molar-refractivity contribution in [3.05, 3.63) is 29.3 Å². The Labute approximate surface area is 110 Å². The highest BCUT2D eigenvalue weighted by Crippen LogP contribution is 2.41. The molecule has 3 nitrogen and oxygen atoms in total. The van der Waals surface area contributed by atoms with Gasteiger partial charge >= 0.3 is 5.97 Å². The second-order valence-corrected chi connectivity index (χ2v) is 5.15. The molecule has 1 aliphatic heterocycles. The van der Waals surface area contributed by atoms with E-state index in [1.807, 2.05) is 0 Å². The van der Waals surface area contributed by atoms with Crippen molar-refractivity contribution in [3.8, 4) is 0 Å². The number of carboxylic acids is 1. The highest BCUT2D eigenvalue weighted by atomic mass is 19.2. The van der Waals surface area contributed by atoms with Gasteiger partial charge in [0.25, 0.3) is 0 Å². The Morgan fingerprint density at radius 1 is 1.26 bits per heavy atom. The summed E-state index contributed by atoms with van der Waals surface area (Å²) in [5, 5.41) is 9.08. The maximum Gasteiger partial charge on any atom is 0.337 e. The van der Waals surface area contributed by atoms with Gasteiger partial charge in [0.15, 0.2) is 11.6 Å². The molecule has 0 aromatic heterocycles. The molecule has 0 atom stereocenters. The molecule has 104 valence electrons. The summed E-state index contributed by atoms with van der Waals surface area (Å²) < 4.78 is 26.4. The van der Waals surface area contributed by atoms with Gasteiger partial charge in [-0.3, -0.25) is 0 Å². The van der Waals surface area contributed by atoms with E-state index in [1.165, 1.54) is 0 Å². The first-order valence-corrected chi connectivity index (χ1v) is 6.39. The molecule has 0 radical (unpaired) electrons. The van der Waals surface area contributed by atoms with Gasteiger partial charge in [-0.2, -0.15) is 0 Å². The molecule has 2 rings (SSSR count). The van der Waals surface area contributed by atoms with Crippen LogP contribution >= 0.6 is 0 Å². The smallest absolute Gasteiger partial charge is 0.337 e. The Hall–Kier alpha value is -1.65. The summed E-state index contributed by atoms with van der Waals surface area (Å²) in [6, 6.07) is 1.74. The lowest BCUT2D eigenvalue weighted by Crippen LogP contribution is -2.56. The molecule has 5 heteroatoms. The van der Waals surface area contributed by atoms with Gasteiger partial charge in [-0.25, -0.2) is 13.6 Å². The van der Waals surface area contributed by atoms with Gasteiger partial charge in [0.2, 0.25) is 0 Å². The predicted molar refractivity (Wildman–Crippen MR) is 68.5 cm³/mol. The lowest BCUT2D eigenvalue weighted by atomic mass is 9.74. The Balaban J connectivity index is 2.32. The van der Waals surface area contributed by atoms with Crippen LogP contribution in [-0.2, 0) is 0 Å². The first-order valence-electron chi connectivity index (χ1n) is 6.39. The molecule has 0 spiro atoms. The van der Waals surface area contributed by atoms with Crippen molar-refractivity contribution in [1.82, 2.24) is 0 Å². The van der Waals surface area contributed by atoms with Crippen molar-refractivity contribution in [2.24, 2.45) is 5.41 Å². The zero-order chi connectivity index (χ0) is 14.2. The van der Waals surface area contributed by atoms with E-state index in [0.717, 1.165) is 25.0 Å². The van der Waals surface area contributed by atoms with Crippen molar-refractivity contribution < 1.29 is 18.7 Å². The van der Waals surface area contributed by atoms with Crippen molar-refractivity contribution in [3.63, 3.8) is 0 Å². The van der Waals surface area contributed by atoms with E-state index in [0.29, 0.717) is 13.1 Å². The third-order valence-corrected chi connectivity index (χ3v) is 4.16. The van der Waals surface area contributed by atoms with Gasteiger partial charge in [-0.15, -0.1) is 0 Å². The molecule has 0 saturated carbocycles. The fraction of sp³-hybridized carbons (Fsp3) is 0.500. The van der Waals surface area contributed by atoms with Crippen LogP contribution in [0.15, 0.2) is 12.1 Å². The fourth-order valence-electron chi connectivity index (χ4n) is 2.60. The Kier molecular flexibility index (Phi) is 3.47. The standard InChI is InChI=1S/C14H17F2NO2/c1-3-14(4-2)7-17(8-14)12-6-11(16)10(15)5-9(12)13(18)19/h5-6H,3-4,7-8H2,1-2H3,(H,18,19). The van der Waals surface area contributed by atoms with Crippen molar-refractivity contribution in [1.29, 1.82) is 0 Å². The van der Waals surface area contributed by atoms with E-state index in [4.69, 9.17) is 5.11 Å². The molecular formula is C14H17F2NO2. The van der Waals surface area contributed by atoms with Crippen LogP contribution in [0.4, 0.5) is 14.5 Å². The molecule has 1 fully saturated rings. The molecule has 19 heavy (non-hydrogen) atoms. The summed E-state index contributed by atoms with van der Waals surface area (Å²) in [4.78, 5) is 12.9. The van der Waals surface area contributed by atoms with Crippen LogP contribution in [0.1, 0.15) is 37.0 Å². The number of halogens is 2. The second-order valence-electron chi connectivity index (χ2n) is 5.15. The SMILES string of the molecule is CCC1(CC)CN(c2cc(F)c(F)cc2C(=O)O)C1. The Morgan fingerprint density at radius 2 is 1.79 bits per heavy atom. The maximum atomic E-state index is 13.3. The summed E-state index contributed by atoms with van der Waals surface area (Å²) in [5.74, 6) is -3.37. The van der Waals surface area contributed by atoms with Crippen LogP contribution in [0, 0.1) is 17.0 Å². The van der Waals surface area contributed by atoms with Crippen molar-refractivity contribution in [2.75, 3.05) is 18.0 Å². The van der Waals surface area contributed by atoms with Gasteiger partial charge in [-0.1, -0.05) is 13.8 Å². The van der Waals surface area contributed by atoms with E-state index < -0.39 is 17.6 Å². The zero-order valence-corrected chi connectivity index (χ0v) is 11.0. The van der Waals surface area contributed by atoms with Gasteiger partial charge in [-0.05, 0) is 18.9 Å². The minimum atomic E-state index is -1.24. The Morgan fingerprint density at radius 3 is 2.26 bits per heavy atom. The monoisotopic (exact) mass is 269 g/mol. The quantitative estimate of drug-likeness (QED) is 0.911. The van der Waals surface area contributed by atoms with Crippen LogP contribution in [0.5, 0.6) is 0 Å². The number of anilines is 1. The number of aromatic carboxylic acids is 1. The molecule has 1 aliphatic rings. The third-order valence-electron chi connectivity index (χ3n) is 4.16. The van der Waals surface area contributed by atoms with Gasteiger partial charge in [0.05, 0.1) is 11.3 Å². The number of carboxylic acid groups (broad SMARTS) is 1. The second kappa shape index (κ2) is 4.79. The summed E-state index contributed by atoms with van der Waals surface area (Å²) in [7, 11) is 0. The number of rotatable bonds is 4. The summed E-state index contributed by atoms with van der Waals surface area (Å²) in [5.41, 5.74) is 0.254. The molecule has 1 aromatic rings. The molecule has 0 aliphatic carbocycles. The van der Waals surface area contributed by atoms with Crippen LogP contribution in [-0.4, -0.2) is 24.2 Å². The van der Waals surface area contributed by atoms with Crippen LogP contribution < -0.4 is 4.90 Å². The average molecular weight is 269 g/mol. The lowest BCUT2D eigenvalue weighted by molar-refractivity contribution is 0.0695. The maximum absolute atomic E-state index is 13.3. The average Bonchev–Trinajstić information content (AvgIpc) is 2.32. The van der Waals surface area contributed by atoms with Gasteiger partial charge in [0, 0.05) is 24.6 Å². The molecule has 0 amide bonds. The number of carbonyl (C=O) groups is 1. The van der Waals surface area contributed by atoms with Crippen LogP contribution in [0.25, 0.3) is 0 Å². The summed E-state index contributed by atoms with van der Waals surface area (Å²) in [6.07, 6.45) is 1.98. The van der Waals surface area contributed by atoms with E-state index in [9.17, 15) is 13.6 Å². The topological polar surface area (TPSA) is 40.5 Å². The summed E-state index contributed by atoms with van der Waals surface area (Å²) in [6.45, 7) is 5.55. The first kappa shape index (κ1) is 13.8. The zero-order valence-electron chi connectivity index (χ0n) is 11.0. The molecule has 1 saturated heterocycles. The molecule has 1 aromatic carbocycles.